The number of aromatic nitrogens is 2. The Hall–Kier alpha value is -0.770. The van der Waals surface area contributed by atoms with Gasteiger partial charge in [-0.3, -0.25) is 4.79 Å². The fourth-order valence-electron chi connectivity index (χ4n) is 6.50. The summed E-state index contributed by atoms with van der Waals surface area (Å²) in [4.78, 5) is 15.4. The highest BCUT2D eigenvalue weighted by Crippen LogP contribution is 2.61. The number of hydrogen-bond donors (Lipinski definition) is 0. The minimum absolute atomic E-state index is 0.253. The Morgan fingerprint density at radius 1 is 1.23 bits per heavy atom. The molecule has 4 saturated carbocycles. The van der Waals surface area contributed by atoms with Crippen LogP contribution in [0.4, 0.5) is 0 Å². The van der Waals surface area contributed by atoms with E-state index in [1.54, 1.807) is 6.92 Å². The van der Waals surface area contributed by atoms with E-state index in [2.05, 4.69) is 16.1 Å². The van der Waals surface area contributed by atoms with Crippen molar-refractivity contribution >= 4 is 16.9 Å². The molecule has 1 aromatic rings. The standard InChI is InChI=1S/C22H33N2OS/c1-17(25)26-9-4-18(3-7-24-8-6-23-16-24)2-5-22-13-19-10-20(14-22)12-21(11-19)15-22/h6-8,16,18-21H,2-5,9-15H2,1H3. The van der Waals surface area contributed by atoms with Crippen LogP contribution in [0.15, 0.2) is 18.7 Å². The van der Waals surface area contributed by atoms with Crippen LogP contribution >= 0.6 is 11.8 Å². The van der Waals surface area contributed by atoms with E-state index in [4.69, 9.17) is 0 Å². The van der Waals surface area contributed by atoms with Crippen LogP contribution in [0.25, 0.3) is 0 Å². The average Bonchev–Trinajstić information content (AvgIpc) is 3.09. The summed E-state index contributed by atoms with van der Waals surface area (Å²) in [5, 5.41) is 0.253. The Balaban J connectivity index is 1.32. The Kier molecular flexibility index (Phi) is 5.78. The molecule has 0 aliphatic heterocycles. The number of imidazole rings is 1. The number of rotatable bonds is 9. The van der Waals surface area contributed by atoms with Gasteiger partial charge in [-0.1, -0.05) is 11.8 Å². The minimum Gasteiger partial charge on any atom is -0.332 e. The second-order valence-electron chi connectivity index (χ2n) is 9.38. The van der Waals surface area contributed by atoms with E-state index in [1.165, 1.54) is 63.1 Å². The third-order valence-electron chi connectivity index (χ3n) is 7.25. The fraction of sp³-hybridized carbons (Fsp3) is 0.773. The molecule has 3 nitrogen and oxygen atoms in total. The summed E-state index contributed by atoms with van der Waals surface area (Å²) in [7, 11) is 0. The molecule has 26 heavy (non-hydrogen) atoms. The smallest absolute Gasteiger partial charge is 0.185 e. The molecule has 4 fully saturated rings. The van der Waals surface area contributed by atoms with Gasteiger partial charge >= 0.3 is 0 Å². The van der Waals surface area contributed by atoms with Crippen molar-refractivity contribution in [2.75, 3.05) is 5.75 Å². The molecule has 1 heterocycles. The van der Waals surface area contributed by atoms with Crippen molar-refractivity contribution in [1.29, 1.82) is 0 Å². The van der Waals surface area contributed by atoms with E-state index in [0.717, 1.165) is 36.3 Å². The average molecular weight is 374 g/mol. The van der Waals surface area contributed by atoms with Crippen LogP contribution in [-0.4, -0.2) is 20.4 Å². The molecular formula is C22H33N2OS. The monoisotopic (exact) mass is 373 g/mol. The Morgan fingerprint density at radius 2 is 1.92 bits per heavy atom. The molecule has 5 rings (SSSR count). The first kappa shape index (κ1) is 18.6. The lowest BCUT2D eigenvalue weighted by Gasteiger charge is -2.57. The zero-order chi connectivity index (χ0) is 18.0. The molecule has 1 radical (unpaired) electrons. The highest BCUT2D eigenvalue weighted by Gasteiger charge is 2.50. The molecule has 1 atom stereocenters. The second kappa shape index (κ2) is 8.08. The Morgan fingerprint density at radius 3 is 2.50 bits per heavy atom. The van der Waals surface area contributed by atoms with Gasteiger partial charge in [-0.15, -0.1) is 0 Å². The fourth-order valence-corrected chi connectivity index (χ4v) is 7.24. The molecule has 4 aliphatic carbocycles. The third-order valence-corrected chi connectivity index (χ3v) is 8.10. The zero-order valence-electron chi connectivity index (χ0n) is 16.1. The SMILES string of the molecule is CC(=O)SCCC(C[CH]n1ccnc1)CCC12CC3CC(CC(C3)C1)C2. The molecule has 0 N–H and O–H groups in total. The van der Waals surface area contributed by atoms with E-state index in [-0.39, 0.29) is 5.12 Å². The summed E-state index contributed by atoms with van der Waals surface area (Å²) >= 11 is 1.50. The van der Waals surface area contributed by atoms with Crippen molar-refractivity contribution in [3.63, 3.8) is 0 Å². The van der Waals surface area contributed by atoms with Crippen LogP contribution in [0, 0.1) is 35.6 Å². The molecule has 1 aromatic heterocycles. The lowest BCUT2D eigenvalue weighted by atomic mass is 9.48. The number of carbonyl (C=O) groups excluding carboxylic acids is 1. The first-order valence-electron chi connectivity index (χ1n) is 10.5. The van der Waals surface area contributed by atoms with Gasteiger partial charge < -0.3 is 4.57 Å². The van der Waals surface area contributed by atoms with Gasteiger partial charge in [0.05, 0.1) is 12.9 Å². The summed E-state index contributed by atoms with van der Waals surface area (Å²) in [6.45, 7) is 3.96. The number of thioether (sulfide) groups is 1. The Labute approximate surface area is 162 Å². The van der Waals surface area contributed by atoms with Crippen molar-refractivity contribution < 1.29 is 4.79 Å². The van der Waals surface area contributed by atoms with E-state index in [9.17, 15) is 4.79 Å². The normalized spacial score (nSPS) is 33.5. The third kappa shape index (κ3) is 4.55. The lowest BCUT2D eigenvalue weighted by Crippen LogP contribution is -2.46. The molecule has 4 bridgehead atoms. The highest BCUT2D eigenvalue weighted by molar-refractivity contribution is 8.13. The largest absolute Gasteiger partial charge is 0.332 e. The summed E-state index contributed by atoms with van der Waals surface area (Å²) in [6.07, 6.45) is 19.9. The summed E-state index contributed by atoms with van der Waals surface area (Å²) < 4.78 is 2.08. The molecule has 0 spiro atoms. The van der Waals surface area contributed by atoms with Gasteiger partial charge in [0, 0.05) is 25.1 Å². The van der Waals surface area contributed by atoms with Gasteiger partial charge in [0.25, 0.3) is 0 Å². The Bertz CT molecular complexity index is 562. The molecule has 1 unspecified atom stereocenters. The molecule has 4 heteroatoms. The van der Waals surface area contributed by atoms with Crippen molar-refractivity contribution in [1.82, 2.24) is 9.55 Å². The minimum atomic E-state index is 0.253. The van der Waals surface area contributed by atoms with Gasteiger partial charge in [0.15, 0.2) is 5.12 Å². The van der Waals surface area contributed by atoms with Crippen LogP contribution in [0.5, 0.6) is 0 Å². The van der Waals surface area contributed by atoms with E-state index >= 15 is 0 Å². The zero-order valence-corrected chi connectivity index (χ0v) is 16.9. The molecule has 0 amide bonds. The van der Waals surface area contributed by atoms with Gasteiger partial charge in [-0.2, -0.15) is 0 Å². The van der Waals surface area contributed by atoms with Crippen molar-refractivity contribution in [2.45, 2.75) is 71.1 Å². The topological polar surface area (TPSA) is 34.9 Å². The lowest BCUT2D eigenvalue weighted by molar-refractivity contribution is -0.109. The second-order valence-corrected chi connectivity index (χ2v) is 10.7. The summed E-state index contributed by atoms with van der Waals surface area (Å²) in [6, 6.07) is 0. The van der Waals surface area contributed by atoms with Crippen LogP contribution in [0.1, 0.15) is 71.1 Å². The summed E-state index contributed by atoms with van der Waals surface area (Å²) in [5.74, 6) is 4.80. The number of carbonyl (C=O) groups is 1. The quantitative estimate of drug-likeness (QED) is 0.568. The van der Waals surface area contributed by atoms with E-state index in [0.29, 0.717) is 11.3 Å². The maximum absolute atomic E-state index is 11.3. The van der Waals surface area contributed by atoms with Crippen molar-refractivity contribution in [3.05, 3.63) is 25.3 Å². The van der Waals surface area contributed by atoms with Crippen LogP contribution in [0.2, 0.25) is 0 Å². The van der Waals surface area contributed by atoms with Gasteiger partial charge in [-0.05, 0) is 93.3 Å². The number of hydrogen-bond acceptors (Lipinski definition) is 3. The highest BCUT2D eigenvalue weighted by atomic mass is 32.2. The molecule has 143 valence electrons. The maximum atomic E-state index is 11.3. The van der Waals surface area contributed by atoms with E-state index in [1.807, 2.05) is 18.7 Å². The van der Waals surface area contributed by atoms with Crippen molar-refractivity contribution in [3.8, 4) is 0 Å². The first-order valence-corrected chi connectivity index (χ1v) is 11.5. The first-order chi connectivity index (χ1) is 12.6. The predicted molar refractivity (Wildman–Crippen MR) is 108 cm³/mol. The summed E-state index contributed by atoms with van der Waals surface area (Å²) in [5.41, 5.74) is 0.676. The van der Waals surface area contributed by atoms with Crippen LogP contribution in [0.3, 0.4) is 0 Å². The van der Waals surface area contributed by atoms with Gasteiger partial charge in [0.1, 0.15) is 0 Å². The van der Waals surface area contributed by atoms with E-state index < -0.39 is 0 Å². The van der Waals surface area contributed by atoms with Crippen LogP contribution in [-0.2, 0) is 4.79 Å². The van der Waals surface area contributed by atoms with Crippen molar-refractivity contribution in [2.24, 2.45) is 29.1 Å². The van der Waals surface area contributed by atoms with Gasteiger partial charge in [-0.25, -0.2) is 4.98 Å². The van der Waals surface area contributed by atoms with Gasteiger partial charge in [0.2, 0.25) is 0 Å². The predicted octanol–water partition coefficient (Wildman–Crippen LogP) is 5.57. The molecule has 0 saturated heterocycles. The number of nitrogens with zero attached hydrogens (tertiary/aromatic N) is 2. The maximum Gasteiger partial charge on any atom is 0.185 e. The van der Waals surface area contributed by atoms with Crippen LogP contribution < -0.4 is 0 Å². The molecular weight excluding hydrogens is 340 g/mol. The molecule has 0 aromatic carbocycles. The molecule has 4 aliphatic rings.